The topological polar surface area (TPSA) is 51.7 Å². The van der Waals surface area contributed by atoms with Crippen molar-refractivity contribution in [3.8, 4) is 11.5 Å². The minimum absolute atomic E-state index is 0.0370. The van der Waals surface area contributed by atoms with E-state index >= 15 is 0 Å². The average Bonchev–Trinajstić information content (AvgIpc) is 2.95. The van der Waals surface area contributed by atoms with E-state index < -0.39 is 0 Å². The van der Waals surface area contributed by atoms with Gasteiger partial charge in [-0.3, -0.25) is 9.78 Å². The molecule has 0 fully saturated rings. The number of hydrogen-bond acceptors (Lipinski definition) is 4. The van der Waals surface area contributed by atoms with Crippen molar-refractivity contribution in [3.63, 3.8) is 0 Å². The van der Waals surface area contributed by atoms with E-state index in [0.29, 0.717) is 12.1 Å². The number of rotatable bonds is 3. The van der Waals surface area contributed by atoms with E-state index in [0.717, 1.165) is 17.1 Å². The lowest BCUT2D eigenvalue weighted by molar-refractivity contribution is 0.0785. The quantitative estimate of drug-likeness (QED) is 0.857. The second-order valence-corrected chi connectivity index (χ2v) is 4.58. The van der Waals surface area contributed by atoms with Gasteiger partial charge >= 0.3 is 0 Å². The van der Waals surface area contributed by atoms with Crippen molar-refractivity contribution in [1.82, 2.24) is 9.88 Å². The fourth-order valence-electron chi connectivity index (χ4n) is 2.10. The molecule has 5 heteroatoms. The molecule has 1 amide bonds. The van der Waals surface area contributed by atoms with Crippen molar-refractivity contribution >= 4 is 5.91 Å². The SMILES string of the molecule is CN(Cc1ccc2c(c1)OCO2)C(=O)c1ccncc1. The summed E-state index contributed by atoms with van der Waals surface area (Å²) < 4.78 is 10.6. The smallest absolute Gasteiger partial charge is 0.254 e. The minimum atomic E-state index is -0.0370. The van der Waals surface area contributed by atoms with E-state index in [9.17, 15) is 4.79 Å². The maximum Gasteiger partial charge on any atom is 0.254 e. The van der Waals surface area contributed by atoms with Crippen molar-refractivity contribution in [2.75, 3.05) is 13.8 Å². The van der Waals surface area contributed by atoms with Crippen LogP contribution in [0.4, 0.5) is 0 Å². The Balaban J connectivity index is 1.73. The van der Waals surface area contributed by atoms with Crippen molar-refractivity contribution in [1.29, 1.82) is 0 Å². The molecule has 1 aromatic carbocycles. The molecule has 3 rings (SSSR count). The fraction of sp³-hybridized carbons (Fsp3) is 0.200. The molecule has 1 aromatic heterocycles. The number of fused-ring (bicyclic) bond motifs is 1. The molecule has 0 aliphatic carbocycles. The third-order valence-electron chi connectivity index (χ3n) is 3.13. The summed E-state index contributed by atoms with van der Waals surface area (Å²) in [6.45, 7) is 0.766. The lowest BCUT2D eigenvalue weighted by atomic mass is 10.1. The fourth-order valence-corrected chi connectivity index (χ4v) is 2.10. The first-order valence-electron chi connectivity index (χ1n) is 6.28. The van der Waals surface area contributed by atoms with Crippen LogP contribution in [-0.2, 0) is 6.54 Å². The average molecular weight is 270 g/mol. The highest BCUT2D eigenvalue weighted by atomic mass is 16.7. The molecule has 0 unspecified atom stereocenters. The van der Waals surface area contributed by atoms with Gasteiger partial charge in [0.15, 0.2) is 11.5 Å². The summed E-state index contributed by atoms with van der Waals surface area (Å²) in [7, 11) is 1.77. The maximum absolute atomic E-state index is 12.2. The molecule has 0 bridgehead atoms. The standard InChI is InChI=1S/C15H14N2O3/c1-17(15(18)12-4-6-16-7-5-12)9-11-2-3-13-14(8-11)20-10-19-13/h2-8H,9-10H2,1H3. The van der Waals surface area contributed by atoms with Crippen molar-refractivity contribution in [2.45, 2.75) is 6.54 Å². The van der Waals surface area contributed by atoms with E-state index in [-0.39, 0.29) is 12.7 Å². The normalized spacial score (nSPS) is 12.2. The number of carbonyl (C=O) groups is 1. The Kier molecular flexibility index (Phi) is 3.25. The number of pyridine rings is 1. The molecule has 5 nitrogen and oxygen atoms in total. The first-order chi connectivity index (χ1) is 9.74. The van der Waals surface area contributed by atoms with E-state index in [1.54, 1.807) is 36.5 Å². The van der Waals surface area contributed by atoms with Crippen molar-refractivity contribution < 1.29 is 14.3 Å². The predicted molar refractivity (Wildman–Crippen MR) is 72.6 cm³/mol. The molecule has 1 aliphatic rings. The molecule has 0 atom stereocenters. The van der Waals surface area contributed by atoms with Crippen LogP contribution in [0.5, 0.6) is 11.5 Å². The number of aromatic nitrogens is 1. The molecule has 102 valence electrons. The van der Waals surface area contributed by atoms with Crippen LogP contribution in [0.15, 0.2) is 42.7 Å². The highest BCUT2D eigenvalue weighted by Gasteiger charge is 2.16. The molecule has 0 radical (unpaired) electrons. The molecule has 20 heavy (non-hydrogen) atoms. The number of nitrogens with zero attached hydrogens (tertiary/aromatic N) is 2. The molecule has 1 aliphatic heterocycles. The zero-order valence-corrected chi connectivity index (χ0v) is 11.1. The first-order valence-corrected chi connectivity index (χ1v) is 6.28. The van der Waals surface area contributed by atoms with Crippen LogP contribution < -0.4 is 9.47 Å². The van der Waals surface area contributed by atoms with Gasteiger partial charge in [0.25, 0.3) is 5.91 Å². The molecule has 0 spiro atoms. The Bertz CT molecular complexity index is 628. The van der Waals surface area contributed by atoms with Gasteiger partial charge in [-0.15, -0.1) is 0 Å². The molecular formula is C15H14N2O3. The summed E-state index contributed by atoms with van der Waals surface area (Å²) >= 11 is 0. The molecule has 2 heterocycles. The molecule has 0 N–H and O–H groups in total. The van der Waals surface area contributed by atoms with Crippen LogP contribution >= 0.6 is 0 Å². The van der Waals surface area contributed by atoms with E-state index in [1.807, 2.05) is 18.2 Å². The van der Waals surface area contributed by atoms with Gasteiger partial charge in [-0.25, -0.2) is 0 Å². The molecular weight excluding hydrogens is 256 g/mol. The Hall–Kier alpha value is -2.56. The van der Waals surface area contributed by atoms with Gasteiger partial charge in [-0.05, 0) is 29.8 Å². The van der Waals surface area contributed by atoms with Gasteiger partial charge < -0.3 is 14.4 Å². The predicted octanol–water partition coefficient (Wildman–Crippen LogP) is 2.08. The van der Waals surface area contributed by atoms with E-state index in [1.165, 1.54) is 0 Å². The highest BCUT2D eigenvalue weighted by molar-refractivity contribution is 5.93. The molecule has 2 aromatic rings. The number of carbonyl (C=O) groups excluding carboxylic acids is 1. The van der Waals surface area contributed by atoms with E-state index in [4.69, 9.17) is 9.47 Å². The van der Waals surface area contributed by atoms with E-state index in [2.05, 4.69) is 4.98 Å². The summed E-state index contributed by atoms with van der Waals surface area (Å²) in [5.41, 5.74) is 1.63. The van der Waals surface area contributed by atoms with Crippen LogP contribution in [0.1, 0.15) is 15.9 Å². The van der Waals surface area contributed by atoms with Crippen LogP contribution in [0, 0.1) is 0 Å². The van der Waals surface area contributed by atoms with Crippen LogP contribution in [0.3, 0.4) is 0 Å². The van der Waals surface area contributed by atoms with Crippen LogP contribution in [0.2, 0.25) is 0 Å². The number of hydrogen-bond donors (Lipinski definition) is 0. The number of benzene rings is 1. The number of ether oxygens (including phenoxy) is 2. The lowest BCUT2D eigenvalue weighted by Gasteiger charge is -2.17. The lowest BCUT2D eigenvalue weighted by Crippen LogP contribution is -2.26. The summed E-state index contributed by atoms with van der Waals surface area (Å²) in [5, 5.41) is 0. The molecule has 0 saturated heterocycles. The third kappa shape index (κ3) is 2.42. The Morgan fingerprint density at radius 1 is 1.20 bits per heavy atom. The Morgan fingerprint density at radius 2 is 1.95 bits per heavy atom. The van der Waals surface area contributed by atoms with Crippen LogP contribution in [-0.4, -0.2) is 29.6 Å². The van der Waals surface area contributed by atoms with Crippen molar-refractivity contribution in [2.24, 2.45) is 0 Å². The zero-order valence-electron chi connectivity index (χ0n) is 11.1. The van der Waals surface area contributed by atoms with Gasteiger partial charge in [0.1, 0.15) is 0 Å². The van der Waals surface area contributed by atoms with Gasteiger partial charge in [0, 0.05) is 31.5 Å². The van der Waals surface area contributed by atoms with Gasteiger partial charge in [0.05, 0.1) is 0 Å². The van der Waals surface area contributed by atoms with Crippen LogP contribution in [0.25, 0.3) is 0 Å². The van der Waals surface area contributed by atoms with Gasteiger partial charge in [-0.1, -0.05) is 6.07 Å². The Morgan fingerprint density at radius 3 is 2.75 bits per heavy atom. The number of amides is 1. The second kappa shape index (κ2) is 5.21. The second-order valence-electron chi connectivity index (χ2n) is 4.58. The Labute approximate surface area is 116 Å². The zero-order chi connectivity index (χ0) is 13.9. The van der Waals surface area contributed by atoms with Gasteiger partial charge in [0.2, 0.25) is 6.79 Å². The minimum Gasteiger partial charge on any atom is -0.454 e. The highest BCUT2D eigenvalue weighted by Crippen LogP contribution is 2.32. The largest absolute Gasteiger partial charge is 0.454 e. The monoisotopic (exact) mass is 270 g/mol. The van der Waals surface area contributed by atoms with Gasteiger partial charge in [-0.2, -0.15) is 0 Å². The summed E-state index contributed by atoms with van der Waals surface area (Å²) in [4.78, 5) is 17.8. The summed E-state index contributed by atoms with van der Waals surface area (Å²) in [5.74, 6) is 1.44. The maximum atomic E-state index is 12.2. The summed E-state index contributed by atoms with van der Waals surface area (Å²) in [6, 6.07) is 9.11. The van der Waals surface area contributed by atoms with Crippen molar-refractivity contribution in [3.05, 3.63) is 53.9 Å². The molecule has 0 saturated carbocycles. The summed E-state index contributed by atoms with van der Waals surface area (Å²) in [6.07, 6.45) is 3.23. The first kappa shape index (κ1) is 12.5. The third-order valence-corrected chi connectivity index (χ3v) is 3.13.